The monoisotopic (exact) mass is 186 g/mol. The van der Waals surface area contributed by atoms with Crippen LogP contribution in [0.3, 0.4) is 0 Å². The highest BCUT2D eigenvalue weighted by Crippen LogP contribution is 1.92. The van der Waals surface area contributed by atoms with Gasteiger partial charge in [0.2, 0.25) is 0 Å². The molecule has 0 aromatic carbocycles. The van der Waals surface area contributed by atoms with Gasteiger partial charge in [-0.05, 0) is 6.92 Å². The second-order valence-electron chi connectivity index (χ2n) is 2.00. The molecular weight excluding hydrogens is 176 g/mol. The predicted octanol–water partition coefficient (Wildman–Crippen LogP) is 0.195. The minimum absolute atomic E-state index is 0.211. The fourth-order valence-electron chi connectivity index (χ4n) is 0.507. The fraction of sp³-hybridized carbons (Fsp3) is 0.375. The zero-order valence-electron chi connectivity index (χ0n) is 7.40. The number of cyclic esters (lactones) is 2. The SMILES string of the molecule is CCOC(C)=O.O=C1C=CC(=O)O1. The Labute approximate surface area is 75.3 Å². The Bertz CT molecular complexity index is 225. The van der Waals surface area contributed by atoms with E-state index in [1.165, 1.54) is 6.92 Å². The predicted molar refractivity (Wildman–Crippen MR) is 42.5 cm³/mol. The third-order valence-electron chi connectivity index (χ3n) is 0.904. The summed E-state index contributed by atoms with van der Waals surface area (Å²) in [7, 11) is 0. The highest BCUT2D eigenvalue weighted by atomic mass is 16.6. The number of hydrogen-bond donors (Lipinski definition) is 0. The highest BCUT2D eigenvalue weighted by Gasteiger charge is 2.10. The van der Waals surface area contributed by atoms with Crippen LogP contribution in [-0.2, 0) is 23.9 Å². The third-order valence-corrected chi connectivity index (χ3v) is 0.904. The van der Waals surface area contributed by atoms with Crippen molar-refractivity contribution in [3.8, 4) is 0 Å². The van der Waals surface area contributed by atoms with Crippen molar-refractivity contribution in [2.45, 2.75) is 13.8 Å². The zero-order chi connectivity index (χ0) is 10.3. The van der Waals surface area contributed by atoms with Crippen LogP contribution in [0.4, 0.5) is 0 Å². The van der Waals surface area contributed by atoms with Crippen molar-refractivity contribution in [1.82, 2.24) is 0 Å². The molecule has 0 N–H and O–H groups in total. The lowest BCUT2D eigenvalue weighted by molar-refractivity contribution is -0.150. The summed E-state index contributed by atoms with van der Waals surface area (Å²) >= 11 is 0. The maximum atomic E-state index is 9.92. The molecule has 0 unspecified atom stereocenters. The third kappa shape index (κ3) is 6.74. The van der Waals surface area contributed by atoms with Crippen molar-refractivity contribution in [3.05, 3.63) is 12.2 Å². The van der Waals surface area contributed by atoms with Crippen LogP contribution in [0, 0.1) is 0 Å². The Morgan fingerprint density at radius 2 is 1.85 bits per heavy atom. The molecule has 5 heteroatoms. The minimum atomic E-state index is -0.579. The summed E-state index contributed by atoms with van der Waals surface area (Å²) in [4.78, 5) is 29.7. The van der Waals surface area contributed by atoms with Gasteiger partial charge in [0.15, 0.2) is 0 Å². The summed E-state index contributed by atoms with van der Waals surface area (Å²) < 4.78 is 8.38. The standard InChI is InChI=1S/C4H2O3.C4H8O2/c5-3-1-2-4(6)7-3;1-3-6-4(2)5/h1-2H;3H2,1-2H3. The van der Waals surface area contributed by atoms with Gasteiger partial charge in [-0.25, -0.2) is 9.59 Å². The van der Waals surface area contributed by atoms with Crippen LogP contribution in [0.15, 0.2) is 12.2 Å². The van der Waals surface area contributed by atoms with E-state index in [9.17, 15) is 14.4 Å². The number of esters is 3. The largest absolute Gasteiger partial charge is 0.466 e. The Morgan fingerprint density at radius 3 is 1.92 bits per heavy atom. The quantitative estimate of drug-likeness (QED) is 0.432. The normalized spacial score (nSPS) is 13.1. The first-order chi connectivity index (χ1) is 6.06. The lowest BCUT2D eigenvalue weighted by Gasteiger charge is -1.89. The lowest BCUT2D eigenvalue weighted by Crippen LogP contribution is -1.96. The zero-order valence-corrected chi connectivity index (χ0v) is 7.40. The summed E-state index contributed by atoms with van der Waals surface area (Å²) in [5.74, 6) is -1.37. The van der Waals surface area contributed by atoms with Gasteiger partial charge in [-0.15, -0.1) is 0 Å². The first-order valence-electron chi connectivity index (χ1n) is 3.63. The summed E-state index contributed by atoms with van der Waals surface area (Å²) in [5.41, 5.74) is 0. The van der Waals surface area contributed by atoms with Crippen molar-refractivity contribution >= 4 is 17.9 Å². The van der Waals surface area contributed by atoms with Gasteiger partial charge in [0.1, 0.15) is 0 Å². The molecule has 1 rings (SSSR count). The first kappa shape index (κ1) is 11.4. The first-order valence-corrected chi connectivity index (χ1v) is 3.63. The van der Waals surface area contributed by atoms with Crippen molar-refractivity contribution in [3.63, 3.8) is 0 Å². The van der Waals surface area contributed by atoms with Gasteiger partial charge in [0, 0.05) is 19.1 Å². The maximum absolute atomic E-state index is 9.92. The van der Waals surface area contributed by atoms with Crippen LogP contribution in [0.25, 0.3) is 0 Å². The van der Waals surface area contributed by atoms with E-state index in [1.807, 2.05) is 0 Å². The van der Waals surface area contributed by atoms with Crippen LogP contribution in [0.1, 0.15) is 13.8 Å². The number of carbonyl (C=O) groups is 3. The van der Waals surface area contributed by atoms with Crippen molar-refractivity contribution in [2.75, 3.05) is 6.61 Å². The molecule has 0 amide bonds. The van der Waals surface area contributed by atoms with E-state index >= 15 is 0 Å². The second-order valence-corrected chi connectivity index (χ2v) is 2.00. The molecule has 0 radical (unpaired) electrons. The molecule has 0 saturated carbocycles. The summed E-state index contributed by atoms with van der Waals surface area (Å²) in [5, 5.41) is 0. The molecule has 72 valence electrons. The molecule has 5 nitrogen and oxygen atoms in total. The highest BCUT2D eigenvalue weighted by molar-refractivity contribution is 6.04. The van der Waals surface area contributed by atoms with Gasteiger partial charge in [0.25, 0.3) is 0 Å². The maximum Gasteiger partial charge on any atom is 0.338 e. The van der Waals surface area contributed by atoms with E-state index in [-0.39, 0.29) is 5.97 Å². The molecule has 1 aliphatic rings. The molecule has 0 aliphatic carbocycles. The van der Waals surface area contributed by atoms with Gasteiger partial charge < -0.3 is 9.47 Å². The number of ether oxygens (including phenoxy) is 2. The van der Waals surface area contributed by atoms with Crippen LogP contribution in [0.2, 0.25) is 0 Å². The van der Waals surface area contributed by atoms with Crippen molar-refractivity contribution < 1.29 is 23.9 Å². The molecule has 0 fully saturated rings. The van der Waals surface area contributed by atoms with Gasteiger partial charge in [0.05, 0.1) is 6.61 Å². The average Bonchev–Trinajstić information content (AvgIpc) is 2.35. The van der Waals surface area contributed by atoms with Crippen LogP contribution in [-0.4, -0.2) is 24.5 Å². The van der Waals surface area contributed by atoms with E-state index in [0.29, 0.717) is 6.61 Å². The number of hydrogen-bond acceptors (Lipinski definition) is 5. The van der Waals surface area contributed by atoms with Crippen molar-refractivity contribution in [1.29, 1.82) is 0 Å². The smallest absolute Gasteiger partial charge is 0.338 e. The topological polar surface area (TPSA) is 69.7 Å². The van der Waals surface area contributed by atoms with E-state index in [2.05, 4.69) is 9.47 Å². The van der Waals surface area contributed by atoms with E-state index < -0.39 is 11.9 Å². The number of carbonyl (C=O) groups excluding carboxylic acids is 3. The summed E-state index contributed by atoms with van der Waals surface area (Å²) in [6, 6.07) is 0. The average molecular weight is 186 g/mol. The Balaban J connectivity index is 0.000000226. The van der Waals surface area contributed by atoms with Gasteiger partial charge >= 0.3 is 17.9 Å². The Kier molecular flexibility index (Phi) is 5.18. The molecule has 0 bridgehead atoms. The molecule has 1 aliphatic heterocycles. The molecule has 0 atom stereocenters. The van der Waals surface area contributed by atoms with Crippen molar-refractivity contribution in [2.24, 2.45) is 0 Å². The van der Waals surface area contributed by atoms with Crippen LogP contribution < -0.4 is 0 Å². The van der Waals surface area contributed by atoms with E-state index in [4.69, 9.17) is 0 Å². The number of rotatable bonds is 1. The summed E-state index contributed by atoms with van der Waals surface area (Å²) in [6.07, 6.45) is 2.17. The van der Waals surface area contributed by atoms with E-state index in [0.717, 1.165) is 12.2 Å². The van der Waals surface area contributed by atoms with Crippen LogP contribution >= 0.6 is 0 Å². The van der Waals surface area contributed by atoms with Crippen LogP contribution in [0.5, 0.6) is 0 Å². The van der Waals surface area contributed by atoms with Gasteiger partial charge in [-0.2, -0.15) is 0 Å². The Hall–Kier alpha value is -1.65. The van der Waals surface area contributed by atoms with E-state index in [1.54, 1.807) is 6.92 Å². The fourth-order valence-corrected chi connectivity index (χ4v) is 0.507. The van der Waals surface area contributed by atoms with Gasteiger partial charge in [-0.3, -0.25) is 4.79 Å². The molecule has 0 saturated heterocycles. The lowest BCUT2D eigenvalue weighted by atomic mass is 10.6. The molecule has 0 spiro atoms. The Morgan fingerprint density at radius 1 is 1.38 bits per heavy atom. The summed E-state index contributed by atoms with van der Waals surface area (Å²) in [6.45, 7) is 3.65. The molecule has 1 heterocycles. The molecule has 13 heavy (non-hydrogen) atoms. The molecular formula is C8H10O5. The minimum Gasteiger partial charge on any atom is -0.466 e. The molecule has 0 aromatic heterocycles. The molecule has 0 aromatic rings. The second kappa shape index (κ2) is 5.93. The van der Waals surface area contributed by atoms with Gasteiger partial charge in [-0.1, -0.05) is 0 Å².